The van der Waals surface area contributed by atoms with Crippen LogP contribution < -0.4 is 5.32 Å². The zero-order chi connectivity index (χ0) is 17.1. The number of aromatic nitrogens is 5. The van der Waals surface area contributed by atoms with Gasteiger partial charge in [-0.25, -0.2) is 4.98 Å². The number of hydrogen-bond donors (Lipinski definition) is 2. The number of nitrogens with zero attached hydrogens (tertiary/aromatic N) is 4. The zero-order valence-corrected chi connectivity index (χ0v) is 14.1. The van der Waals surface area contributed by atoms with Crippen molar-refractivity contribution in [3.05, 3.63) is 52.6 Å². The fraction of sp³-hybridized carbons (Fsp3) is 0.250. The van der Waals surface area contributed by atoms with Gasteiger partial charge in [0, 0.05) is 36.8 Å². The first-order chi connectivity index (χ1) is 11.5. The summed E-state index contributed by atoms with van der Waals surface area (Å²) >= 11 is 5.87. The van der Waals surface area contributed by atoms with E-state index in [-0.39, 0.29) is 5.91 Å². The number of nitrogens with one attached hydrogen (secondary N) is 2. The van der Waals surface area contributed by atoms with E-state index in [2.05, 4.69) is 25.6 Å². The largest absolute Gasteiger partial charge is 0.351 e. The lowest BCUT2D eigenvalue weighted by Crippen LogP contribution is -2.26. The molecule has 7 nitrogen and oxygen atoms in total. The Labute approximate surface area is 144 Å². The van der Waals surface area contributed by atoms with Crippen molar-refractivity contribution >= 4 is 17.5 Å². The van der Waals surface area contributed by atoms with Gasteiger partial charge < -0.3 is 5.32 Å². The first-order valence-electron chi connectivity index (χ1n) is 7.48. The highest BCUT2D eigenvalue weighted by Crippen LogP contribution is 2.17. The number of H-pyrrole nitrogens is 1. The molecule has 0 saturated carbocycles. The fourth-order valence-corrected chi connectivity index (χ4v) is 2.47. The topological polar surface area (TPSA) is 88.5 Å². The quantitative estimate of drug-likeness (QED) is 0.742. The predicted molar refractivity (Wildman–Crippen MR) is 90.8 cm³/mol. The molecule has 0 radical (unpaired) electrons. The SMILES string of the molecule is Cc1nn(C)cc1C(=O)NCCc1nc(-c2ccc(Cl)cc2)n[nH]1. The van der Waals surface area contributed by atoms with Crippen molar-refractivity contribution in [3.8, 4) is 11.4 Å². The lowest BCUT2D eigenvalue weighted by Gasteiger charge is -2.02. The zero-order valence-electron chi connectivity index (χ0n) is 13.4. The van der Waals surface area contributed by atoms with Crippen LogP contribution in [-0.4, -0.2) is 37.4 Å². The molecule has 0 aliphatic carbocycles. The third-order valence-corrected chi connectivity index (χ3v) is 3.79. The summed E-state index contributed by atoms with van der Waals surface area (Å²) in [6.45, 7) is 2.27. The number of aromatic amines is 1. The average Bonchev–Trinajstić information content (AvgIpc) is 3.14. The number of carbonyl (C=O) groups excluding carboxylic acids is 1. The predicted octanol–water partition coefficient (Wildman–Crippen LogP) is 2.14. The summed E-state index contributed by atoms with van der Waals surface area (Å²) in [5.41, 5.74) is 2.17. The summed E-state index contributed by atoms with van der Waals surface area (Å²) < 4.78 is 1.62. The Kier molecular flexibility index (Phi) is 4.61. The minimum atomic E-state index is -0.141. The summed E-state index contributed by atoms with van der Waals surface area (Å²) in [4.78, 5) is 16.5. The smallest absolute Gasteiger partial charge is 0.254 e. The molecule has 0 unspecified atom stereocenters. The highest BCUT2D eigenvalue weighted by Gasteiger charge is 2.12. The Hall–Kier alpha value is -2.67. The Bertz CT molecular complexity index is 852. The second kappa shape index (κ2) is 6.84. The van der Waals surface area contributed by atoms with Crippen LogP contribution in [0.4, 0.5) is 0 Å². The van der Waals surface area contributed by atoms with Gasteiger partial charge in [-0.1, -0.05) is 11.6 Å². The van der Waals surface area contributed by atoms with Crippen LogP contribution in [0, 0.1) is 6.92 Å². The number of rotatable bonds is 5. The molecule has 2 heterocycles. The van der Waals surface area contributed by atoms with Crippen molar-refractivity contribution in [1.29, 1.82) is 0 Å². The molecule has 0 aliphatic heterocycles. The third kappa shape index (κ3) is 3.62. The molecular formula is C16H17ClN6O. The summed E-state index contributed by atoms with van der Waals surface area (Å²) in [5, 5.41) is 14.8. The van der Waals surface area contributed by atoms with E-state index in [9.17, 15) is 4.79 Å². The van der Waals surface area contributed by atoms with Crippen LogP contribution in [0.3, 0.4) is 0 Å². The van der Waals surface area contributed by atoms with Gasteiger partial charge in [0.15, 0.2) is 5.82 Å². The van der Waals surface area contributed by atoms with Gasteiger partial charge in [-0.05, 0) is 31.2 Å². The fourth-order valence-electron chi connectivity index (χ4n) is 2.35. The number of hydrogen-bond acceptors (Lipinski definition) is 4. The molecule has 0 spiro atoms. The van der Waals surface area contributed by atoms with Crippen molar-refractivity contribution in [1.82, 2.24) is 30.3 Å². The number of amides is 1. The van der Waals surface area contributed by atoms with Crippen LogP contribution in [0.15, 0.2) is 30.5 Å². The molecule has 0 aliphatic rings. The first-order valence-corrected chi connectivity index (χ1v) is 7.86. The monoisotopic (exact) mass is 344 g/mol. The van der Waals surface area contributed by atoms with Gasteiger partial charge >= 0.3 is 0 Å². The van der Waals surface area contributed by atoms with Crippen LogP contribution >= 0.6 is 11.6 Å². The van der Waals surface area contributed by atoms with Crippen molar-refractivity contribution < 1.29 is 4.79 Å². The molecule has 1 amide bonds. The average molecular weight is 345 g/mol. The highest BCUT2D eigenvalue weighted by molar-refractivity contribution is 6.30. The van der Waals surface area contributed by atoms with Gasteiger partial charge in [0.05, 0.1) is 11.3 Å². The Morgan fingerprint density at radius 2 is 2.08 bits per heavy atom. The van der Waals surface area contributed by atoms with Gasteiger partial charge in [0.2, 0.25) is 0 Å². The maximum Gasteiger partial charge on any atom is 0.254 e. The van der Waals surface area contributed by atoms with Crippen LogP contribution in [0.1, 0.15) is 21.9 Å². The molecule has 0 fully saturated rings. The summed E-state index contributed by atoms with van der Waals surface area (Å²) in [5.74, 6) is 1.18. The maximum atomic E-state index is 12.1. The van der Waals surface area contributed by atoms with E-state index < -0.39 is 0 Å². The third-order valence-electron chi connectivity index (χ3n) is 3.54. The van der Waals surface area contributed by atoms with E-state index in [1.807, 2.05) is 19.1 Å². The van der Waals surface area contributed by atoms with Crippen LogP contribution in [0.25, 0.3) is 11.4 Å². The Balaban J connectivity index is 1.57. The lowest BCUT2D eigenvalue weighted by molar-refractivity contribution is 0.0953. The normalized spacial score (nSPS) is 10.8. The maximum absolute atomic E-state index is 12.1. The van der Waals surface area contributed by atoms with Crippen LogP contribution in [-0.2, 0) is 13.5 Å². The molecule has 0 atom stereocenters. The standard InChI is InChI=1S/C16H17ClN6O/c1-10-13(9-23(2)22-10)16(24)18-8-7-14-19-15(21-20-14)11-3-5-12(17)6-4-11/h3-6,9H,7-8H2,1-2H3,(H,18,24)(H,19,20,21). The molecule has 3 rings (SSSR count). The Morgan fingerprint density at radius 1 is 1.33 bits per heavy atom. The van der Waals surface area contributed by atoms with Gasteiger partial charge in [0.25, 0.3) is 5.91 Å². The van der Waals surface area contributed by atoms with Crippen LogP contribution in [0.2, 0.25) is 5.02 Å². The highest BCUT2D eigenvalue weighted by atomic mass is 35.5. The number of benzene rings is 1. The van der Waals surface area contributed by atoms with Gasteiger partial charge in [-0.2, -0.15) is 10.2 Å². The van der Waals surface area contributed by atoms with Gasteiger partial charge in [-0.15, -0.1) is 0 Å². The van der Waals surface area contributed by atoms with E-state index in [0.717, 1.165) is 5.56 Å². The summed E-state index contributed by atoms with van der Waals surface area (Å²) in [6.07, 6.45) is 2.27. The van der Waals surface area contributed by atoms with Crippen molar-refractivity contribution in [2.75, 3.05) is 6.54 Å². The molecule has 0 bridgehead atoms. The van der Waals surface area contributed by atoms with Crippen molar-refractivity contribution in [2.24, 2.45) is 7.05 Å². The van der Waals surface area contributed by atoms with Crippen molar-refractivity contribution in [3.63, 3.8) is 0 Å². The summed E-state index contributed by atoms with van der Waals surface area (Å²) in [7, 11) is 1.79. The van der Waals surface area contributed by atoms with E-state index in [4.69, 9.17) is 11.6 Å². The second-order valence-corrected chi connectivity index (χ2v) is 5.86. The Morgan fingerprint density at radius 3 is 2.75 bits per heavy atom. The molecule has 3 aromatic rings. The van der Waals surface area contributed by atoms with Gasteiger partial charge in [0.1, 0.15) is 5.82 Å². The molecule has 0 saturated heterocycles. The minimum absolute atomic E-state index is 0.141. The number of halogens is 1. The van der Waals surface area contributed by atoms with E-state index in [1.165, 1.54) is 0 Å². The van der Waals surface area contributed by atoms with Crippen LogP contribution in [0.5, 0.6) is 0 Å². The van der Waals surface area contributed by atoms with Gasteiger partial charge in [-0.3, -0.25) is 14.6 Å². The molecule has 1 aromatic carbocycles. The van der Waals surface area contributed by atoms with Crippen molar-refractivity contribution in [2.45, 2.75) is 13.3 Å². The van der Waals surface area contributed by atoms with E-state index in [0.29, 0.717) is 40.9 Å². The van der Waals surface area contributed by atoms with E-state index in [1.54, 1.807) is 30.1 Å². The molecule has 8 heteroatoms. The molecule has 24 heavy (non-hydrogen) atoms. The number of aryl methyl sites for hydroxylation is 2. The molecule has 2 N–H and O–H groups in total. The van der Waals surface area contributed by atoms with E-state index >= 15 is 0 Å². The molecule has 2 aromatic heterocycles. The number of carbonyl (C=O) groups is 1. The lowest BCUT2D eigenvalue weighted by atomic mass is 10.2. The summed E-state index contributed by atoms with van der Waals surface area (Å²) in [6, 6.07) is 7.32. The molecular weight excluding hydrogens is 328 g/mol. The minimum Gasteiger partial charge on any atom is -0.351 e. The first kappa shape index (κ1) is 16.2. The second-order valence-electron chi connectivity index (χ2n) is 5.42. The molecule has 124 valence electrons.